The van der Waals surface area contributed by atoms with Crippen molar-refractivity contribution >= 4 is 9.84 Å². The van der Waals surface area contributed by atoms with Gasteiger partial charge in [0, 0.05) is 24.3 Å². The van der Waals surface area contributed by atoms with Crippen LogP contribution < -0.4 is 9.47 Å². The number of rotatable bonds is 14. The Morgan fingerprint density at radius 1 is 0.561 bits per heavy atom. The van der Waals surface area contributed by atoms with Gasteiger partial charge in [0.15, 0.2) is 0 Å². The second-order valence-corrected chi connectivity index (χ2v) is 10.9. The highest BCUT2D eigenvalue weighted by molar-refractivity contribution is 7.91. The van der Waals surface area contributed by atoms with Gasteiger partial charge in [0.25, 0.3) is 0 Å². The number of aromatic hydroxyl groups is 2. The normalized spacial score (nSPS) is 11.4. The van der Waals surface area contributed by atoms with E-state index in [1.807, 2.05) is 13.8 Å². The molecule has 0 bridgehead atoms. The molecule has 41 heavy (non-hydrogen) atoms. The van der Waals surface area contributed by atoms with Crippen LogP contribution >= 0.6 is 0 Å². The highest BCUT2D eigenvalue weighted by Gasteiger charge is 2.26. The Balaban J connectivity index is 1.81. The minimum absolute atomic E-state index is 0.0665. The monoisotopic (exact) mass is 578 g/mol. The second-order valence-electron chi connectivity index (χ2n) is 9.00. The standard InChI is InChI=1S/C32H34O8S/c1-3-37-17-19-39-27-13-15-31(29(21-27)23-5-9-25(33)10-6-23)41(35,36)32-16-14-28(40-20-18-38-4-2)22-30(32)24-7-11-26(34)12-8-24/h5-16,21-22,33-34H,3-4,17-20H2,1-2H3. The van der Waals surface area contributed by atoms with Crippen LogP contribution in [0.15, 0.2) is 94.7 Å². The maximum Gasteiger partial charge on any atom is 0.207 e. The van der Waals surface area contributed by atoms with E-state index in [1.165, 1.54) is 36.4 Å². The first kappa shape index (κ1) is 29.9. The van der Waals surface area contributed by atoms with Crippen LogP contribution in [0.2, 0.25) is 0 Å². The summed E-state index contributed by atoms with van der Waals surface area (Å²) in [4.78, 5) is 0.149. The molecule has 0 fully saturated rings. The number of phenolic OH excluding ortho intramolecular Hbond substituents is 2. The Labute approximate surface area is 240 Å². The van der Waals surface area contributed by atoms with Gasteiger partial charge in [-0.2, -0.15) is 0 Å². The molecular weight excluding hydrogens is 544 g/mol. The van der Waals surface area contributed by atoms with Gasteiger partial charge in [-0.15, -0.1) is 0 Å². The molecule has 4 rings (SSSR count). The zero-order valence-corrected chi connectivity index (χ0v) is 23.9. The van der Waals surface area contributed by atoms with Crippen molar-refractivity contribution in [1.82, 2.24) is 0 Å². The smallest absolute Gasteiger partial charge is 0.207 e. The lowest BCUT2D eigenvalue weighted by Gasteiger charge is -2.17. The van der Waals surface area contributed by atoms with Crippen LogP contribution in [0.1, 0.15) is 13.8 Å². The van der Waals surface area contributed by atoms with E-state index in [0.717, 1.165) is 0 Å². The van der Waals surface area contributed by atoms with Crippen LogP contribution in [-0.2, 0) is 19.3 Å². The number of sulfone groups is 1. The third-order valence-electron chi connectivity index (χ3n) is 6.24. The average molecular weight is 579 g/mol. The van der Waals surface area contributed by atoms with Crippen LogP contribution in [0.3, 0.4) is 0 Å². The molecule has 0 amide bonds. The maximum atomic E-state index is 14.4. The summed E-state index contributed by atoms with van der Waals surface area (Å²) in [7, 11) is -4.09. The summed E-state index contributed by atoms with van der Waals surface area (Å²) >= 11 is 0. The maximum absolute atomic E-state index is 14.4. The fraction of sp³-hybridized carbons (Fsp3) is 0.250. The van der Waals surface area contributed by atoms with Crippen LogP contribution in [-0.4, -0.2) is 58.3 Å². The predicted octanol–water partition coefficient (Wildman–Crippen LogP) is 6.10. The number of ether oxygens (including phenoxy) is 4. The minimum Gasteiger partial charge on any atom is -0.508 e. The molecule has 216 valence electrons. The van der Waals surface area contributed by atoms with Crippen molar-refractivity contribution in [2.75, 3.05) is 39.6 Å². The van der Waals surface area contributed by atoms with Crippen LogP contribution in [0.25, 0.3) is 22.3 Å². The molecule has 0 aliphatic heterocycles. The molecule has 0 aliphatic rings. The lowest BCUT2D eigenvalue weighted by atomic mass is 10.0. The summed E-state index contributed by atoms with van der Waals surface area (Å²) in [5, 5.41) is 19.7. The second kappa shape index (κ2) is 14.0. The van der Waals surface area contributed by atoms with Crippen molar-refractivity contribution in [2.45, 2.75) is 23.6 Å². The van der Waals surface area contributed by atoms with E-state index in [2.05, 4.69) is 0 Å². The van der Waals surface area contributed by atoms with Crippen LogP contribution in [0, 0.1) is 0 Å². The van der Waals surface area contributed by atoms with E-state index in [1.54, 1.807) is 48.5 Å². The van der Waals surface area contributed by atoms with E-state index in [0.29, 0.717) is 73.4 Å². The SMILES string of the molecule is CCOCCOc1ccc(S(=O)(=O)c2ccc(OCCOCC)cc2-c2ccc(O)cc2)c(-c2ccc(O)cc2)c1. The molecule has 9 heteroatoms. The Bertz CT molecular complexity index is 1420. The van der Waals surface area contributed by atoms with Gasteiger partial charge < -0.3 is 29.2 Å². The van der Waals surface area contributed by atoms with E-state index in [4.69, 9.17) is 18.9 Å². The molecule has 4 aromatic carbocycles. The molecule has 8 nitrogen and oxygen atoms in total. The lowest BCUT2D eigenvalue weighted by molar-refractivity contribution is 0.110. The highest BCUT2D eigenvalue weighted by atomic mass is 32.2. The predicted molar refractivity (Wildman–Crippen MR) is 157 cm³/mol. The van der Waals surface area contributed by atoms with Crippen molar-refractivity contribution in [3.05, 3.63) is 84.9 Å². The Hall–Kier alpha value is -4.05. The topological polar surface area (TPSA) is 112 Å². The van der Waals surface area contributed by atoms with Gasteiger partial charge in [0.1, 0.15) is 36.2 Å². The van der Waals surface area contributed by atoms with Crippen molar-refractivity contribution < 1.29 is 37.6 Å². The summed E-state index contributed by atoms with van der Waals surface area (Å²) in [6, 6.07) is 22.3. The molecule has 0 unspecified atom stereocenters. The molecular formula is C32H34O8S. The third-order valence-corrected chi connectivity index (χ3v) is 8.11. The quantitative estimate of drug-likeness (QED) is 0.173. The summed E-state index contributed by atoms with van der Waals surface area (Å²) in [5.74, 6) is 1.11. The fourth-order valence-electron chi connectivity index (χ4n) is 4.24. The zero-order valence-electron chi connectivity index (χ0n) is 23.1. The van der Waals surface area contributed by atoms with Crippen molar-refractivity contribution in [3.8, 4) is 45.3 Å². The first-order valence-corrected chi connectivity index (χ1v) is 14.8. The lowest BCUT2D eigenvalue weighted by Crippen LogP contribution is -2.09. The van der Waals surface area contributed by atoms with E-state index in [-0.39, 0.29) is 21.3 Å². The summed E-state index contributed by atoms with van der Waals surface area (Å²) < 4.78 is 51.1. The van der Waals surface area contributed by atoms with Gasteiger partial charge in [-0.05, 0) is 85.6 Å². The summed E-state index contributed by atoms with van der Waals surface area (Å²) in [6.07, 6.45) is 0. The molecule has 0 saturated heterocycles. The minimum atomic E-state index is -4.09. The van der Waals surface area contributed by atoms with Crippen LogP contribution in [0.4, 0.5) is 0 Å². The average Bonchev–Trinajstić information content (AvgIpc) is 2.98. The molecule has 0 radical (unpaired) electrons. The number of hydrogen-bond donors (Lipinski definition) is 2. The first-order chi connectivity index (χ1) is 19.8. The van der Waals surface area contributed by atoms with E-state index >= 15 is 0 Å². The molecule has 0 saturated carbocycles. The van der Waals surface area contributed by atoms with Gasteiger partial charge in [-0.1, -0.05) is 24.3 Å². The largest absolute Gasteiger partial charge is 0.508 e. The molecule has 0 spiro atoms. The van der Waals surface area contributed by atoms with Crippen molar-refractivity contribution in [1.29, 1.82) is 0 Å². The fourth-order valence-corrected chi connectivity index (χ4v) is 5.91. The molecule has 0 atom stereocenters. The Morgan fingerprint density at radius 2 is 0.951 bits per heavy atom. The zero-order chi connectivity index (χ0) is 29.2. The van der Waals surface area contributed by atoms with Gasteiger partial charge >= 0.3 is 0 Å². The summed E-state index contributed by atoms with van der Waals surface area (Å²) in [6.45, 7) is 6.36. The Kier molecular flexibility index (Phi) is 10.2. The van der Waals surface area contributed by atoms with E-state index in [9.17, 15) is 18.6 Å². The third kappa shape index (κ3) is 7.58. The van der Waals surface area contributed by atoms with Gasteiger partial charge in [-0.25, -0.2) is 8.42 Å². The molecule has 2 N–H and O–H groups in total. The molecule has 0 aromatic heterocycles. The van der Waals surface area contributed by atoms with Gasteiger partial charge in [0.2, 0.25) is 9.84 Å². The van der Waals surface area contributed by atoms with Crippen molar-refractivity contribution in [2.24, 2.45) is 0 Å². The number of phenols is 2. The van der Waals surface area contributed by atoms with Gasteiger partial charge in [-0.3, -0.25) is 0 Å². The van der Waals surface area contributed by atoms with Crippen LogP contribution in [0.5, 0.6) is 23.0 Å². The summed E-state index contributed by atoms with van der Waals surface area (Å²) in [5.41, 5.74) is 2.04. The van der Waals surface area contributed by atoms with Gasteiger partial charge in [0.05, 0.1) is 23.0 Å². The van der Waals surface area contributed by atoms with E-state index < -0.39 is 9.84 Å². The van der Waals surface area contributed by atoms with Crippen molar-refractivity contribution in [3.63, 3.8) is 0 Å². The molecule has 4 aromatic rings. The molecule has 0 heterocycles. The highest BCUT2D eigenvalue weighted by Crippen LogP contribution is 2.39. The number of hydrogen-bond acceptors (Lipinski definition) is 8. The first-order valence-electron chi connectivity index (χ1n) is 13.4. The number of benzene rings is 4. The molecule has 0 aliphatic carbocycles. The Morgan fingerprint density at radius 3 is 1.32 bits per heavy atom.